The summed E-state index contributed by atoms with van der Waals surface area (Å²) in [6.07, 6.45) is 2.79. The summed E-state index contributed by atoms with van der Waals surface area (Å²) in [6, 6.07) is 16.6. The van der Waals surface area contributed by atoms with E-state index >= 15 is 0 Å². The summed E-state index contributed by atoms with van der Waals surface area (Å²) in [5.74, 6) is -0.745. The Morgan fingerprint density at radius 1 is 1.13 bits per heavy atom. The summed E-state index contributed by atoms with van der Waals surface area (Å²) in [4.78, 5) is 26.2. The molecule has 152 valence electrons. The van der Waals surface area contributed by atoms with Crippen LogP contribution in [0.25, 0.3) is 5.69 Å². The Bertz CT molecular complexity index is 1120. The SMILES string of the molecule is C/C(=N/NC(=O)c1nn(-c2ccccc2)cc1O)c1cccc(N2CCCC2=O)c1. The average Bonchev–Trinajstić information content (AvgIpc) is 3.38. The molecule has 30 heavy (non-hydrogen) atoms. The maximum absolute atomic E-state index is 12.5. The minimum absolute atomic E-state index is 0.111. The summed E-state index contributed by atoms with van der Waals surface area (Å²) >= 11 is 0. The summed E-state index contributed by atoms with van der Waals surface area (Å²) < 4.78 is 1.43. The Morgan fingerprint density at radius 2 is 1.90 bits per heavy atom. The number of amides is 2. The highest BCUT2D eigenvalue weighted by atomic mass is 16.3. The van der Waals surface area contributed by atoms with Crippen molar-refractivity contribution in [1.82, 2.24) is 15.2 Å². The van der Waals surface area contributed by atoms with Gasteiger partial charge in [-0.15, -0.1) is 0 Å². The molecule has 1 saturated heterocycles. The Hall–Kier alpha value is -3.94. The van der Waals surface area contributed by atoms with E-state index in [0.29, 0.717) is 18.7 Å². The smallest absolute Gasteiger partial charge is 0.295 e. The number of aromatic hydroxyl groups is 1. The van der Waals surface area contributed by atoms with Gasteiger partial charge in [0, 0.05) is 18.7 Å². The van der Waals surface area contributed by atoms with Gasteiger partial charge in [-0.3, -0.25) is 9.59 Å². The van der Waals surface area contributed by atoms with Crippen LogP contribution < -0.4 is 10.3 Å². The number of aromatic nitrogens is 2. The van der Waals surface area contributed by atoms with Crippen molar-refractivity contribution in [2.45, 2.75) is 19.8 Å². The zero-order valence-corrected chi connectivity index (χ0v) is 16.4. The van der Waals surface area contributed by atoms with Crippen molar-refractivity contribution in [3.63, 3.8) is 0 Å². The molecule has 0 bridgehead atoms. The van der Waals surface area contributed by atoms with Gasteiger partial charge in [-0.05, 0) is 43.2 Å². The van der Waals surface area contributed by atoms with Gasteiger partial charge in [-0.25, -0.2) is 10.1 Å². The molecule has 3 aromatic rings. The van der Waals surface area contributed by atoms with Crippen molar-refractivity contribution in [1.29, 1.82) is 0 Å². The largest absolute Gasteiger partial charge is 0.504 e. The van der Waals surface area contributed by atoms with E-state index in [9.17, 15) is 14.7 Å². The lowest BCUT2D eigenvalue weighted by Gasteiger charge is -2.16. The van der Waals surface area contributed by atoms with Crippen LogP contribution >= 0.6 is 0 Å². The molecule has 0 unspecified atom stereocenters. The zero-order chi connectivity index (χ0) is 21.1. The molecule has 8 heteroatoms. The van der Waals surface area contributed by atoms with Crippen LogP contribution in [0.4, 0.5) is 5.69 Å². The molecule has 0 saturated carbocycles. The molecular weight excluding hydrogens is 382 g/mol. The van der Waals surface area contributed by atoms with Gasteiger partial charge in [-0.2, -0.15) is 10.2 Å². The van der Waals surface area contributed by atoms with Crippen molar-refractivity contribution in [3.05, 3.63) is 72.1 Å². The molecular formula is C22H21N5O3. The number of carbonyl (C=O) groups is 2. The summed E-state index contributed by atoms with van der Waals surface area (Å²) in [7, 11) is 0. The minimum atomic E-state index is -0.618. The first-order valence-corrected chi connectivity index (χ1v) is 9.62. The average molecular weight is 403 g/mol. The number of carbonyl (C=O) groups excluding carboxylic acids is 2. The molecule has 2 aromatic carbocycles. The van der Waals surface area contributed by atoms with Gasteiger partial charge in [0.2, 0.25) is 5.91 Å². The molecule has 0 radical (unpaired) electrons. The Kier molecular flexibility index (Phi) is 5.30. The van der Waals surface area contributed by atoms with E-state index in [1.807, 2.05) is 54.6 Å². The van der Waals surface area contributed by atoms with E-state index in [2.05, 4.69) is 15.6 Å². The monoisotopic (exact) mass is 403 g/mol. The van der Waals surface area contributed by atoms with E-state index in [0.717, 1.165) is 23.4 Å². The van der Waals surface area contributed by atoms with Crippen molar-refractivity contribution in [3.8, 4) is 11.4 Å². The molecule has 0 aliphatic carbocycles. The molecule has 0 spiro atoms. The Morgan fingerprint density at radius 3 is 2.63 bits per heavy atom. The fourth-order valence-corrected chi connectivity index (χ4v) is 3.31. The number of nitrogens with one attached hydrogen (secondary N) is 1. The van der Waals surface area contributed by atoms with Crippen LogP contribution in [0.3, 0.4) is 0 Å². The molecule has 2 N–H and O–H groups in total. The second-order valence-electron chi connectivity index (χ2n) is 6.98. The van der Waals surface area contributed by atoms with Crippen LogP contribution in [0, 0.1) is 0 Å². The second-order valence-corrected chi connectivity index (χ2v) is 6.98. The normalized spacial score (nSPS) is 14.2. The van der Waals surface area contributed by atoms with Crippen LogP contribution in [-0.2, 0) is 4.79 Å². The van der Waals surface area contributed by atoms with E-state index in [1.54, 1.807) is 11.8 Å². The van der Waals surface area contributed by atoms with Gasteiger partial charge in [0.25, 0.3) is 5.91 Å². The standard InChI is InChI=1S/C22H21N5O3/c1-15(16-7-5-10-18(13-16)26-12-6-11-20(26)29)23-24-22(30)21-19(28)14-27(25-21)17-8-3-2-4-9-17/h2-5,7-10,13-14,28H,6,11-12H2,1H3,(H,24,30)/b23-15-. The summed E-state index contributed by atoms with van der Waals surface area (Å²) in [5, 5.41) is 18.4. The van der Waals surface area contributed by atoms with Crippen LogP contribution in [-0.4, -0.2) is 39.0 Å². The van der Waals surface area contributed by atoms with E-state index in [4.69, 9.17) is 0 Å². The number of nitrogens with zero attached hydrogens (tertiary/aromatic N) is 4. The molecule has 8 nitrogen and oxygen atoms in total. The van der Waals surface area contributed by atoms with Crippen LogP contribution in [0.15, 0.2) is 65.9 Å². The summed E-state index contributed by atoms with van der Waals surface area (Å²) in [6.45, 7) is 2.46. The molecule has 2 amide bonds. The van der Waals surface area contributed by atoms with Crippen molar-refractivity contribution in [2.24, 2.45) is 5.10 Å². The first-order chi connectivity index (χ1) is 14.5. The minimum Gasteiger partial charge on any atom is -0.504 e. The van der Waals surface area contributed by atoms with Crippen LogP contribution in [0.5, 0.6) is 5.75 Å². The maximum atomic E-state index is 12.5. The number of rotatable bonds is 5. The fraction of sp³-hybridized carbons (Fsp3) is 0.182. The van der Waals surface area contributed by atoms with E-state index in [1.165, 1.54) is 10.9 Å². The van der Waals surface area contributed by atoms with E-state index < -0.39 is 5.91 Å². The number of anilines is 1. The lowest BCUT2D eigenvalue weighted by atomic mass is 10.1. The van der Waals surface area contributed by atoms with Crippen LogP contribution in [0.2, 0.25) is 0 Å². The highest BCUT2D eigenvalue weighted by Gasteiger charge is 2.22. The lowest BCUT2D eigenvalue weighted by Crippen LogP contribution is -2.24. The lowest BCUT2D eigenvalue weighted by molar-refractivity contribution is -0.117. The topological polar surface area (TPSA) is 99.8 Å². The number of para-hydroxylation sites is 1. The summed E-state index contributed by atoms with van der Waals surface area (Å²) in [5.41, 5.74) is 5.20. The molecule has 1 fully saturated rings. The fourth-order valence-electron chi connectivity index (χ4n) is 3.31. The zero-order valence-electron chi connectivity index (χ0n) is 16.4. The third kappa shape index (κ3) is 3.93. The van der Waals surface area contributed by atoms with E-state index in [-0.39, 0.29) is 17.4 Å². The predicted molar refractivity (Wildman–Crippen MR) is 113 cm³/mol. The predicted octanol–water partition coefficient (Wildman–Crippen LogP) is 2.86. The van der Waals surface area contributed by atoms with Gasteiger partial charge in [0.1, 0.15) is 0 Å². The quantitative estimate of drug-likeness (QED) is 0.505. The van der Waals surface area contributed by atoms with Crippen molar-refractivity contribution in [2.75, 3.05) is 11.4 Å². The first kappa shape index (κ1) is 19.4. The molecule has 2 heterocycles. The van der Waals surface area contributed by atoms with Gasteiger partial charge >= 0.3 is 0 Å². The highest BCUT2D eigenvalue weighted by molar-refractivity contribution is 6.02. The molecule has 1 aliphatic rings. The van der Waals surface area contributed by atoms with Crippen LogP contribution in [0.1, 0.15) is 35.8 Å². The van der Waals surface area contributed by atoms with Crippen molar-refractivity contribution < 1.29 is 14.7 Å². The van der Waals surface area contributed by atoms with Gasteiger partial charge in [-0.1, -0.05) is 30.3 Å². The molecule has 4 rings (SSSR count). The van der Waals surface area contributed by atoms with Gasteiger partial charge in [0.15, 0.2) is 11.4 Å². The van der Waals surface area contributed by atoms with Crippen molar-refractivity contribution >= 4 is 23.2 Å². The molecule has 1 aromatic heterocycles. The number of benzene rings is 2. The number of hydrogen-bond donors (Lipinski definition) is 2. The Labute approximate surface area is 173 Å². The second kappa shape index (κ2) is 8.20. The maximum Gasteiger partial charge on any atom is 0.295 e. The third-order valence-corrected chi connectivity index (χ3v) is 4.90. The number of hydrogen-bond acceptors (Lipinski definition) is 5. The number of hydrazone groups is 1. The van der Waals surface area contributed by atoms with Gasteiger partial charge < -0.3 is 10.0 Å². The first-order valence-electron chi connectivity index (χ1n) is 9.62. The highest BCUT2D eigenvalue weighted by Crippen LogP contribution is 2.22. The Balaban J connectivity index is 1.49. The third-order valence-electron chi connectivity index (χ3n) is 4.90. The van der Waals surface area contributed by atoms with Gasteiger partial charge in [0.05, 0.1) is 17.6 Å². The molecule has 0 atom stereocenters. The molecule has 1 aliphatic heterocycles.